The lowest BCUT2D eigenvalue weighted by Crippen LogP contribution is -1.97. The Morgan fingerprint density at radius 2 is 1.76 bits per heavy atom. The molecule has 0 unspecified atom stereocenters. The van der Waals surface area contributed by atoms with Crippen LogP contribution in [0.5, 0.6) is 5.88 Å². The number of ether oxygens (including phenoxy) is 1. The number of methoxy groups -OCH3 is 1. The number of hydrogen-bond donors (Lipinski definition) is 1. The minimum atomic E-state index is -0.610. The summed E-state index contributed by atoms with van der Waals surface area (Å²) in [6.45, 7) is 5.80. The highest BCUT2D eigenvalue weighted by Crippen LogP contribution is 2.32. The second-order valence-corrected chi connectivity index (χ2v) is 7.35. The van der Waals surface area contributed by atoms with Crippen LogP contribution in [0.25, 0.3) is 22.0 Å². The van der Waals surface area contributed by atoms with Crippen molar-refractivity contribution in [3.63, 3.8) is 0 Å². The summed E-state index contributed by atoms with van der Waals surface area (Å²) >= 11 is 6.80. The molecular formula is C24H25ClF2N4OS. The first-order chi connectivity index (χ1) is 15.9. The Morgan fingerprint density at radius 1 is 1.00 bits per heavy atom. The van der Waals surface area contributed by atoms with Gasteiger partial charge in [-0.15, -0.1) is 0 Å². The lowest BCUT2D eigenvalue weighted by atomic mass is 10.0. The van der Waals surface area contributed by atoms with Gasteiger partial charge >= 0.3 is 0 Å². The van der Waals surface area contributed by atoms with Gasteiger partial charge in [-0.25, -0.2) is 23.7 Å². The molecule has 0 saturated heterocycles. The van der Waals surface area contributed by atoms with Crippen molar-refractivity contribution in [3.8, 4) is 17.0 Å². The summed E-state index contributed by atoms with van der Waals surface area (Å²) in [5.74, 6) is 0.0291. The summed E-state index contributed by atoms with van der Waals surface area (Å²) in [6, 6.07) is 11.2. The highest BCUT2D eigenvalue weighted by Gasteiger charge is 2.16. The van der Waals surface area contributed by atoms with Crippen molar-refractivity contribution in [1.82, 2.24) is 15.0 Å². The van der Waals surface area contributed by atoms with E-state index in [0.29, 0.717) is 22.3 Å². The fourth-order valence-electron chi connectivity index (χ4n) is 2.77. The highest BCUT2D eigenvalue weighted by molar-refractivity contribution is 7.99. The zero-order valence-corrected chi connectivity index (χ0v) is 20.6. The number of halogens is 3. The number of aromatic nitrogens is 3. The van der Waals surface area contributed by atoms with Crippen LogP contribution in [-0.4, -0.2) is 28.3 Å². The van der Waals surface area contributed by atoms with Crippen LogP contribution in [0, 0.1) is 18.6 Å². The smallest absolute Gasteiger partial charge is 0.212 e. The number of nitrogens with zero attached hydrogens (tertiary/aromatic N) is 3. The van der Waals surface area contributed by atoms with Gasteiger partial charge in [0.15, 0.2) is 5.82 Å². The summed E-state index contributed by atoms with van der Waals surface area (Å²) in [4.78, 5) is 12.3. The van der Waals surface area contributed by atoms with Crippen molar-refractivity contribution in [3.05, 3.63) is 77.3 Å². The lowest BCUT2D eigenvalue weighted by molar-refractivity contribution is 0.398. The van der Waals surface area contributed by atoms with Gasteiger partial charge in [-0.05, 0) is 42.8 Å². The van der Waals surface area contributed by atoms with Gasteiger partial charge in [-0.1, -0.05) is 43.5 Å². The topological polar surface area (TPSA) is 59.9 Å². The van der Waals surface area contributed by atoms with Crippen LogP contribution >= 0.6 is 23.5 Å². The molecule has 0 atom stereocenters. The number of pyridine rings is 1. The SMILES string of the molecule is CC.COc1ccc(Cl)cn1.CSNc1ccc(F)c(-c2ccc3nc(C)ncc3c2)c1F. The second kappa shape index (κ2) is 12.9. The first kappa shape index (κ1) is 26.3. The molecule has 1 N–H and O–H groups in total. The molecule has 174 valence electrons. The largest absolute Gasteiger partial charge is 0.481 e. The van der Waals surface area contributed by atoms with Crippen LogP contribution in [0.1, 0.15) is 19.7 Å². The summed E-state index contributed by atoms with van der Waals surface area (Å²) in [6.07, 6.45) is 4.97. The molecule has 0 spiro atoms. The number of anilines is 1. The Kier molecular flexibility index (Phi) is 10.3. The normalized spacial score (nSPS) is 9.94. The van der Waals surface area contributed by atoms with Crippen LogP contribution in [0.3, 0.4) is 0 Å². The van der Waals surface area contributed by atoms with Crippen molar-refractivity contribution in [2.45, 2.75) is 20.8 Å². The van der Waals surface area contributed by atoms with Gasteiger partial charge in [0, 0.05) is 30.1 Å². The predicted molar refractivity (Wildman–Crippen MR) is 134 cm³/mol. The zero-order chi connectivity index (χ0) is 24.4. The Bertz CT molecular complexity index is 1190. The van der Waals surface area contributed by atoms with Crippen LogP contribution in [0.15, 0.2) is 54.9 Å². The first-order valence-electron chi connectivity index (χ1n) is 10.1. The molecule has 33 heavy (non-hydrogen) atoms. The minimum absolute atomic E-state index is 0.0541. The Morgan fingerprint density at radius 3 is 2.39 bits per heavy atom. The number of rotatable bonds is 4. The molecule has 4 aromatic rings. The van der Waals surface area contributed by atoms with Gasteiger partial charge in [-0.2, -0.15) is 0 Å². The Labute approximate surface area is 201 Å². The number of fused-ring (bicyclic) bond motifs is 1. The molecule has 0 aliphatic heterocycles. The molecule has 5 nitrogen and oxygen atoms in total. The number of nitrogens with one attached hydrogen (secondary N) is 1. The van der Waals surface area contributed by atoms with Crippen molar-refractivity contribution in [2.75, 3.05) is 18.1 Å². The maximum Gasteiger partial charge on any atom is 0.212 e. The Hall–Kier alpha value is -2.97. The molecule has 0 aliphatic rings. The molecule has 0 fully saturated rings. The summed E-state index contributed by atoms with van der Waals surface area (Å²) in [5.41, 5.74) is 1.40. The van der Waals surface area contributed by atoms with E-state index in [9.17, 15) is 8.78 Å². The minimum Gasteiger partial charge on any atom is -0.481 e. The number of aryl methyl sites for hydroxylation is 1. The third-order valence-corrected chi connectivity index (χ3v) is 4.85. The van der Waals surface area contributed by atoms with Gasteiger partial charge in [-0.3, -0.25) is 0 Å². The molecule has 4 rings (SSSR count). The van der Waals surface area contributed by atoms with Crippen molar-refractivity contribution in [2.24, 2.45) is 0 Å². The van der Waals surface area contributed by atoms with E-state index in [2.05, 4.69) is 19.7 Å². The van der Waals surface area contributed by atoms with Crippen LogP contribution in [0.2, 0.25) is 5.02 Å². The van der Waals surface area contributed by atoms with Gasteiger partial charge in [0.05, 0.1) is 28.9 Å². The average Bonchev–Trinajstić information content (AvgIpc) is 2.83. The van der Waals surface area contributed by atoms with Crippen LogP contribution in [-0.2, 0) is 0 Å². The van der Waals surface area contributed by atoms with Gasteiger partial charge in [0.1, 0.15) is 11.6 Å². The van der Waals surface area contributed by atoms with E-state index in [1.165, 1.54) is 24.1 Å². The predicted octanol–water partition coefficient (Wildman–Crippen LogP) is 7.34. The van der Waals surface area contributed by atoms with E-state index in [1.807, 2.05) is 13.8 Å². The molecule has 0 aliphatic carbocycles. The fraction of sp³-hybridized carbons (Fsp3) is 0.208. The van der Waals surface area contributed by atoms with Crippen LogP contribution < -0.4 is 9.46 Å². The number of benzene rings is 2. The summed E-state index contributed by atoms with van der Waals surface area (Å²) < 4.78 is 36.2. The molecule has 0 saturated carbocycles. The molecular weight excluding hydrogens is 466 g/mol. The quantitative estimate of drug-likeness (QED) is 0.302. The molecule has 0 amide bonds. The maximum atomic E-state index is 14.5. The van der Waals surface area contributed by atoms with Crippen molar-refractivity contribution >= 4 is 40.1 Å². The molecule has 0 radical (unpaired) electrons. The monoisotopic (exact) mass is 490 g/mol. The lowest BCUT2D eigenvalue weighted by Gasteiger charge is -2.11. The standard InChI is InChI=1S/C16H13F2N3S.C6H6ClNO.C2H6/c1-9-19-8-11-7-10(3-5-13(11)20-9)15-12(17)4-6-14(16(15)18)21-22-2;1-9-6-3-2-5(7)4-8-6;1-2/h3-8,21H,1-2H3;2-4H,1H3;1-2H3. The van der Waals surface area contributed by atoms with Gasteiger partial charge in [0.2, 0.25) is 5.88 Å². The molecule has 2 aromatic carbocycles. The van der Waals surface area contributed by atoms with E-state index < -0.39 is 11.6 Å². The van der Waals surface area contributed by atoms with Crippen LogP contribution in [0.4, 0.5) is 14.5 Å². The van der Waals surface area contributed by atoms with Crippen molar-refractivity contribution < 1.29 is 13.5 Å². The van der Waals surface area contributed by atoms with Crippen molar-refractivity contribution in [1.29, 1.82) is 0 Å². The molecule has 0 bridgehead atoms. The van der Waals surface area contributed by atoms with Gasteiger partial charge in [0.25, 0.3) is 0 Å². The van der Waals surface area contributed by atoms with E-state index >= 15 is 0 Å². The summed E-state index contributed by atoms with van der Waals surface area (Å²) in [5, 5.41) is 1.36. The fourth-order valence-corrected chi connectivity index (χ4v) is 3.26. The van der Waals surface area contributed by atoms with E-state index in [1.54, 1.807) is 63.0 Å². The zero-order valence-electron chi connectivity index (χ0n) is 19.0. The van der Waals surface area contributed by atoms with E-state index in [-0.39, 0.29) is 11.3 Å². The third kappa shape index (κ3) is 7.00. The summed E-state index contributed by atoms with van der Waals surface area (Å²) in [7, 11) is 1.57. The second-order valence-electron chi connectivity index (χ2n) is 6.30. The first-order valence-corrected chi connectivity index (χ1v) is 11.7. The third-order valence-electron chi connectivity index (χ3n) is 4.20. The van der Waals surface area contributed by atoms with Gasteiger partial charge < -0.3 is 9.46 Å². The molecule has 2 aromatic heterocycles. The maximum absolute atomic E-state index is 14.5. The van der Waals surface area contributed by atoms with E-state index in [0.717, 1.165) is 10.9 Å². The molecule has 9 heteroatoms. The van der Waals surface area contributed by atoms with E-state index in [4.69, 9.17) is 16.3 Å². The highest BCUT2D eigenvalue weighted by atomic mass is 35.5. The number of hydrogen-bond acceptors (Lipinski definition) is 6. The Balaban J connectivity index is 0.000000293. The average molecular weight is 491 g/mol. The molecule has 2 heterocycles.